The van der Waals surface area contributed by atoms with Crippen LogP contribution in [0, 0.1) is 0 Å². The van der Waals surface area contributed by atoms with Gasteiger partial charge in [0.15, 0.2) is 0 Å². The summed E-state index contributed by atoms with van der Waals surface area (Å²) in [4.78, 5) is 0. The highest BCUT2D eigenvalue weighted by Crippen LogP contribution is 2.25. The quantitative estimate of drug-likeness (QED) is 0.563. The maximum absolute atomic E-state index is 9.71. The van der Waals surface area contributed by atoms with Crippen molar-refractivity contribution in [2.45, 2.75) is 76.3 Å². The SMILES string of the molecule is CCCCCCCC[C@@H]1O[C@@H](CO)[C@@H](O)[C@@H]1O. The summed E-state index contributed by atoms with van der Waals surface area (Å²) in [5, 5.41) is 28.2. The maximum atomic E-state index is 9.71. The second kappa shape index (κ2) is 8.03. The third-order valence-electron chi connectivity index (χ3n) is 3.48. The van der Waals surface area contributed by atoms with E-state index in [2.05, 4.69) is 6.92 Å². The Kier molecular flexibility index (Phi) is 7.04. The molecule has 4 heteroatoms. The van der Waals surface area contributed by atoms with Crippen LogP contribution in [0.1, 0.15) is 51.9 Å². The van der Waals surface area contributed by atoms with Crippen LogP contribution in [0.2, 0.25) is 0 Å². The molecule has 1 heterocycles. The number of ether oxygens (including phenoxy) is 1. The maximum Gasteiger partial charge on any atom is 0.111 e. The highest BCUT2D eigenvalue weighted by molar-refractivity contribution is 4.89. The van der Waals surface area contributed by atoms with E-state index < -0.39 is 18.3 Å². The van der Waals surface area contributed by atoms with Crippen LogP contribution in [-0.4, -0.2) is 46.3 Å². The monoisotopic (exact) mass is 246 g/mol. The van der Waals surface area contributed by atoms with Gasteiger partial charge in [0.2, 0.25) is 0 Å². The minimum atomic E-state index is -0.940. The first kappa shape index (κ1) is 14.9. The normalized spacial score (nSPS) is 33.2. The summed E-state index contributed by atoms with van der Waals surface area (Å²) in [5.74, 6) is 0. The number of hydrogen-bond acceptors (Lipinski definition) is 4. The van der Waals surface area contributed by atoms with Gasteiger partial charge in [0.1, 0.15) is 18.3 Å². The molecule has 1 saturated heterocycles. The van der Waals surface area contributed by atoms with E-state index >= 15 is 0 Å². The van der Waals surface area contributed by atoms with Crippen molar-refractivity contribution in [2.75, 3.05) is 6.61 Å². The number of aliphatic hydroxyl groups excluding tert-OH is 3. The van der Waals surface area contributed by atoms with E-state index in [0.717, 1.165) is 19.3 Å². The summed E-state index contributed by atoms with van der Waals surface area (Å²) in [6, 6.07) is 0. The molecule has 0 aromatic heterocycles. The lowest BCUT2D eigenvalue weighted by Crippen LogP contribution is -2.33. The lowest BCUT2D eigenvalue weighted by atomic mass is 10.0. The molecule has 1 aliphatic heterocycles. The van der Waals surface area contributed by atoms with Crippen molar-refractivity contribution in [1.82, 2.24) is 0 Å². The average molecular weight is 246 g/mol. The van der Waals surface area contributed by atoms with Crippen molar-refractivity contribution in [3.05, 3.63) is 0 Å². The second-order valence-corrected chi connectivity index (χ2v) is 4.93. The molecule has 0 amide bonds. The summed E-state index contributed by atoms with van der Waals surface area (Å²) in [5.41, 5.74) is 0. The first-order chi connectivity index (χ1) is 8.20. The van der Waals surface area contributed by atoms with Crippen LogP contribution in [0.25, 0.3) is 0 Å². The summed E-state index contributed by atoms with van der Waals surface area (Å²) >= 11 is 0. The molecule has 0 aliphatic carbocycles. The van der Waals surface area contributed by atoms with Crippen LogP contribution < -0.4 is 0 Å². The molecule has 17 heavy (non-hydrogen) atoms. The fourth-order valence-electron chi connectivity index (χ4n) is 2.34. The molecule has 1 aliphatic rings. The zero-order chi connectivity index (χ0) is 12.7. The zero-order valence-electron chi connectivity index (χ0n) is 10.7. The smallest absolute Gasteiger partial charge is 0.111 e. The molecule has 102 valence electrons. The molecule has 0 saturated carbocycles. The van der Waals surface area contributed by atoms with Gasteiger partial charge in [-0.1, -0.05) is 45.4 Å². The van der Waals surface area contributed by atoms with Crippen LogP contribution in [0.4, 0.5) is 0 Å². The minimum absolute atomic E-state index is 0.231. The van der Waals surface area contributed by atoms with Gasteiger partial charge < -0.3 is 20.1 Å². The predicted octanol–water partition coefficient (Wildman–Crippen LogP) is 1.22. The molecule has 3 N–H and O–H groups in total. The van der Waals surface area contributed by atoms with Crippen molar-refractivity contribution in [3.8, 4) is 0 Å². The Balaban J connectivity index is 2.11. The van der Waals surface area contributed by atoms with Crippen molar-refractivity contribution >= 4 is 0 Å². The van der Waals surface area contributed by atoms with Crippen LogP contribution in [0.3, 0.4) is 0 Å². The number of hydrogen-bond donors (Lipinski definition) is 3. The standard InChI is InChI=1S/C13H26O4/c1-2-3-4-5-6-7-8-10-12(15)13(16)11(9-14)17-10/h10-16H,2-9H2,1H3/t10-,11-,12+,13+/m0/s1. The third kappa shape index (κ3) is 4.54. The molecule has 4 atom stereocenters. The molecule has 1 fully saturated rings. The van der Waals surface area contributed by atoms with Crippen molar-refractivity contribution in [3.63, 3.8) is 0 Å². The first-order valence-electron chi connectivity index (χ1n) is 6.83. The lowest BCUT2D eigenvalue weighted by Gasteiger charge is -2.14. The summed E-state index contributed by atoms with van der Waals surface area (Å²) in [6.45, 7) is 1.96. The highest BCUT2D eigenvalue weighted by atomic mass is 16.6. The molecule has 1 rings (SSSR count). The van der Waals surface area contributed by atoms with Crippen LogP contribution in [-0.2, 0) is 4.74 Å². The molecule has 0 aromatic rings. The van der Waals surface area contributed by atoms with E-state index in [1.54, 1.807) is 0 Å². The number of unbranched alkanes of at least 4 members (excludes halogenated alkanes) is 5. The molecule has 0 spiro atoms. The molecular formula is C13H26O4. The predicted molar refractivity (Wildman–Crippen MR) is 65.8 cm³/mol. The first-order valence-corrected chi connectivity index (χ1v) is 6.83. The molecule has 0 unspecified atom stereocenters. The molecule has 0 radical (unpaired) electrons. The van der Waals surface area contributed by atoms with Gasteiger partial charge in [-0.3, -0.25) is 0 Å². The second-order valence-electron chi connectivity index (χ2n) is 4.93. The minimum Gasteiger partial charge on any atom is -0.394 e. The Labute approximate surface area is 104 Å². The van der Waals surface area contributed by atoms with E-state index in [9.17, 15) is 10.2 Å². The summed E-state index contributed by atoms with van der Waals surface area (Å²) in [7, 11) is 0. The Morgan fingerprint density at radius 2 is 1.47 bits per heavy atom. The topological polar surface area (TPSA) is 69.9 Å². The molecule has 4 nitrogen and oxygen atoms in total. The van der Waals surface area contributed by atoms with Crippen molar-refractivity contribution in [2.24, 2.45) is 0 Å². The van der Waals surface area contributed by atoms with Gasteiger partial charge in [0.05, 0.1) is 12.7 Å². The fourth-order valence-corrected chi connectivity index (χ4v) is 2.34. The van der Waals surface area contributed by atoms with Crippen molar-refractivity contribution in [1.29, 1.82) is 0 Å². The third-order valence-corrected chi connectivity index (χ3v) is 3.48. The largest absolute Gasteiger partial charge is 0.394 e. The van der Waals surface area contributed by atoms with E-state index in [0.29, 0.717) is 0 Å². The van der Waals surface area contributed by atoms with E-state index in [-0.39, 0.29) is 12.7 Å². The van der Waals surface area contributed by atoms with Gasteiger partial charge in [-0.15, -0.1) is 0 Å². The number of rotatable bonds is 8. The zero-order valence-corrected chi connectivity index (χ0v) is 10.7. The van der Waals surface area contributed by atoms with Gasteiger partial charge in [-0.2, -0.15) is 0 Å². The Hall–Kier alpha value is -0.160. The van der Waals surface area contributed by atoms with E-state index in [1.807, 2.05) is 0 Å². The fraction of sp³-hybridized carbons (Fsp3) is 1.00. The molecular weight excluding hydrogens is 220 g/mol. The van der Waals surface area contributed by atoms with Gasteiger partial charge in [0, 0.05) is 0 Å². The Morgan fingerprint density at radius 1 is 0.882 bits per heavy atom. The Bertz CT molecular complexity index is 198. The van der Waals surface area contributed by atoms with Gasteiger partial charge in [-0.25, -0.2) is 0 Å². The van der Waals surface area contributed by atoms with E-state index in [1.165, 1.54) is 25.7 Å². The molecule has 0 aromatic carbocycles. The van der Waals surface area contributed by atoms with Gasteiger partial charge in [0.25, 0.3) is 0 Å². The molecule has 0 bridgehead atoms. The van der Waals surface area contributed by atoms with Crippen LogP contribution >= 0.6 is 0 Å². The van der Waals surface area contributed by atoms with Gasteiger partial charge in [-0.05, 0) is 6.42 Å². The van der Waals surface area contributed by atoms with Gasteiger partial charge >= 0.3 is 0 Å². The average Bonchev–Trinajstić information content (AvgIpc) is 2.61. The van der Waals surface area contributed by atoms with Crippen LogP contribution in [0.15, 0.2) is 0 Å². The highest BCUT2D eigenvalue weighted by Gasteiger charge is 2.41. The lowest BCUT2D eigenvalue weighted by molar-refractivity contribution is -0.0246. The van der Waals surface area contributed by atoms with Crippen molar-refractivity contribution < 1.29 is 20.1 Å². The summed E-state index contributed by atoms with van der Waals surface area (Å²) in [6.07, 6.45) is 5.23. The van der Waals surface area contributed by atoms with E-state index in [4.69, 9.17) is 9.84 Å². The summed E-state index contributed by atoms with van der Waals surface area (Å²) < 4.78 is 5.41. The Morgan fingerprint density at radius 3 is 2.06 bits per heavy atom. The number of aliphatic hydroxyl groups is 3. The van der Waals surface area contributed by atoms with Crippen LogP contribution in [0.5, 0.6) is 0 Å².